The maximum atomic E-state index is 13.9. The van der Waals surface area contributed by atoms with Crippen molar-refractivity contribution in [2.75, 3.05) is 0 Å². The number of aryl methyl sites for hydroxylation is 1. The summed E-state index contributed by atoms with van der Waals surface area (Å²) in [4.78, 5) is 11.8. The van der Waals surface area contributed by atoms with Crippen LogP contribution < -0.4 is 5.73 Å². The number of benzene rings is 2. The molecule has 2 N–H and O–H groups in total. The highest BCUT2D eigenvalue weighted by Gasteiger charge is 2.29. The normalized spacial score (nSPS) is 11.2. The molecule has 1 amide bonds. The van der Waals surface area contributed by atoms with Crippen LogP contribution in [0.5, 0.6) is 0 Å². The number of hydrogen-bond donors (Lipinski definition) is 1. The van der Waals surface area contributed by atoms with E-state index in [1.165, 1.54) is 19.2 Å². The average Bonchev–Trinajstić information content (AvgIpc) is 2.95. The van der Waals surface area contributed by atoms with Gasteiger partial charge in [0.1, 0.15) is 11.5 Å². The third kappa shape index (κ3) is 3.27. The topological polar surface area (TPSA) is 60.9 Å². The first-order valence-corrected chi connectivity index (χ1v) is 7.61. The number of alkyl halides is 2. The first-order chi connectivity index (χ1) is 12.7. The minimum Gasteiger partial charge on any atom is -0.365 e. The molecule has 0 spiro atoms. The van der Waals surface area contributed by atoms with Crippen LogP contribution in [-0.2, 0) is 7.05 Å². The summed E-state index contributed by atoms with van der Waals surface area (Å²) in [7, 11) is 1.29. The quantitative estimate of drug-likeness (QED) is 0.689. The van der Waals surface area contributed by atoms with Gasteiger partial charge in [0.05, 0.1) is 11.3 Å². The summed E-state index contributed by atoms with van der Waals surface area (Å²) in [6, 6.07) is 6.30. The lowest BCUT2D eigenvalue weighted by Gasteiger charge is -2.12. The van der Waals surface area contributed by atoms with Gasteiger partial charge in [-0.3, -0.25) is 9.48 Å². The number of nitrogens with zero attached hydrogens (tertiary/aromatic N) is 2. The maximum absolute atomic E-state index is 13.9. The van der Waals surface area contributed by atoms with Crippen LogP contribution in [0, 0.1) is 17.5 Å². The van der Waals surface area contributed by atoms with E-state index in [1.54, 1.807) is 0 Å². The molecule has 0 bridgehead atoms. The molecular weight excluding hydrogens is 369 g/mol. The standard InChI is InChI=1S/C18H12F5N3O/c1-26-16(14(18(24)27)15(25-26)17(22)23)11-7-9(19)3-4-10(11)8-2-5-12(20)13(21)6-8/h2-7,17H,1H3,(H2,24,27). The Balaban J connectivity index is 2.34. The Morgan fingerprint density at radius 1 is 1.04 bits per heavy atom. The van der Waals surface area contributed by atoms with Crippen molar-refractivity contribution in [1.82, 2.24) is 9.78 Å². The van der Waals surface area contributed by atoms with E-state index in [0.717, 1.165) is 28.9 Å². The van der Waals surface area contributed by atoms with E-state index in [2.05, 4.69) is 5.10 Å². The van der Waals surface area contributed by atoms with Crippen LogP contribution in [0.3, 0.4) is 0 Å². The van der Waals surface area contributed by atoms with Crippen LogP contribution in [0.2, 0.25) is 0 Å². The lowest BCUT2D eigenvalue weighted by Crippen LogP contribution is -2.14. The molecule has 0 saturated heterocycles. The Morgan fingerprint density at radius 3 is 2.33 bits per heavy atom. The van der Waals surface area contributed by atoms with Crippen molar-refractivity contribution in [1.29, 1.82) is 0 Å². The number of aromatic nitrogens is 2. The Bertz CT molecular complexity index is 1050. The van der Waals surface area contributed by atoms with Gasteiger partial charge in [0.15, 0.2) is 11.6 Å². The van der Waals surface area contributed by atoms with Crippen LogP contribution in [0.15, 0.2) is 36.4 Å². The molecule has 0 saturated carbocycles. The number of nitrogens with two attached hydrogens (primary N) is 1. The Kier molecular flexibility index (Phi) is 4.69. The van der Waals surface area contributed by atoms with Gasteiger partial charge in [-0.25, -0.2) is 22.0 Å². The minimum absolute atomic E-state index is 0.0169. The number of amides is 1. The van der Waals surface area contributed by atoms with Crippen LogP contribution in [-0.4, -0.2) is 15.7 Å². The fourth-order valence-electron chi connectivity index (χ4n) is 2.88. The Hall–Kier alpha value is -3.23. The molecule has 0 atom stereocenters. The molecule has 1 aromatic heterocycles. The molecule has 27 heavy (non-hydrogen) atoms. The van der Waals surface area contributed by atoms with E-state index in [0.29, 0.717) is 0 Å². The van der Waals surface area contributed by atoms with Crippen molar-refractivity contribution in [3.8, 4) is 22.4 Å². The van der Waals surface area contributed by atoms with Gasteiger partial charge in [-0.2, -0.15) is 5.10 Å². The average molecular weight is 381 g/mol. The zero-order valence-electron chi connectivity index (χ0n) is 13.8. The zero-order valence-corrected chi connectivity index (χ0v) is 13.8. The summed E-state index contributed by atoms with van der Waals surface area (Å²) in [5.41, 5.74) is 3.99. The van der Waals surface area contributed by atoms with Crippen molar-refractivity contribution in [3.05, 3.63) is 65.1 Å². The van der Waals surface area contributed by atoms with E-state index in [4.69, 9.17) is 5.73 Å². The molecule has 0 aliphatic heterocycles. The molecule has 0 aliphatic carbocycles. The molecule has 0 aliphatic rings. The molecule has 0 fully saturated rings. The largest absolute Gasteiger partial charge is 0.365 e. The molecule has 4 nitrogen and oxygen atoms in total. The summed E-state index contributed by atoms with van der Waals surface area (Å²) in [5, 5.41) is 3.61. The molecule has 1 heterocycles. The maximum Gasteiger partial charge on any atom is 0.282 e. The molecule has 0 unspecified atom stereocenters. The Morgan fingerprint density at radius 2 is 1.74 bits per heavy atom. The number of rotatable bonds is 4. The van der Waals surface area contributed by atoms with Crippen molar-refractivity contribution in [3.63, 3.8) is 0 Å². The van der Waals surface area contributed by atoms with E-state index in [-0.39, 0.29) is 22.4 Å². The molecule has 2 aromatic carbocycles. The predicted octanol–water partition coefficient (Wildman–Crippen LogP) is 4.21. The van der Waals surface area contributed by atoms with Crippen molar-refractivity contribution >= 4 is 5.91 Å². The van der Waals surface area contributed by atoms with Crippen LogP contribution in [0.4, 0.5) is 22.0 Å². The number of carbonyl (C=O) groups excluding carboxylic acids is 1. The second-order valence-electron chi connectivity index (χ2n) is 5.72. The predicted molar refractivity (Wildman–Crippen MR) is 87.4 cm³/mol. The van der Waals surface area contributed by atoms with Gasteiger partial charge in [0, 0.05) is 12.6 Å². The third-order valence-electron chi connectivity index (χ3n) is 3.99. The van der Waals surface area contributed by atoms with Crippen LogP contribution in [0.25, 0.3) is 22.4 Å². The lowest BCUT2D eigenvalue weighted by atomic mass is 9.94. The third-order valence-corrected chi connectivity index (χ3v) is 3.99. The Labute approximate surface area is 150 Å². The summed E-state index contributed by atoms with van der Waals surface area (Å²) < 4.78 is 68.2. The summed E-state index contributed by atoms with van der Waals surface area (Å²) in [6.45, 7) is 0. The summed E-state index contributed by atoms with van der Waals surface area (Å²) >= 11 is 0. The molecule has 140 valence electrons. The zero-order chi connectivity index (χ0) is 19.9. The van der Waals surface area contributed by atoms with Gasteiger partial charge in [-0.15, -0.1) is 0 Å². The highest BCUT2D eigenvalue weighted by molar-refractivity contribution is 6.02. The molecule has 9 heteroatoms. The first-order valence-electron chi connectivity index (χ1n) is 7.61. The SMILES string of the molecule is Cn1nc(C(F)F)c(C(N)=O)c1-c1cc(F)ccc1-c1ccc(F)c(F)c1. The van der Waals surface area contributed by atoms with Crippen LogP contribution in [0.1, 0.15) is 22.5 Å². The van der Waals surface area contributed by atoms with Crippen molar-refractivity contribution in [2.24, 2.45) is 12.8 Å². The van der Waals surface area contributed by atoms with E-state index >= 15 is 0 Å². The lowest BCUT2D eigenvalue weighted by molar-refractivity contribution is 0.0985. The number of halogens is 5. The number of primary amides is 1. The molecule has 3 rings (SSSR count). The van der Waals surface area contributed by atoms with Gasteiger partial charge in [-0.1, -0.05) is 12.1 Å². The van der Waals surface area contributed by atoms with Crippen LogP contribution >= 0.6 is 0 Å². The highest BCUT2D eigenvalue weighted by atomic mass is 19.3. The van der Waals surface area contributed by atoms with Gasteiger partial charge < -0.3 is 5.73 Å². The second kappa shape index (κ2) is 6.82. The van der Waals surface area contributed by atoms with Crippen molar-refractivity contribution < 1.29 is 26.7 Å². The number of carbonyl (C=O) groups is 1. The fourth-order valence-corrected chi connectivity index (χ4v) is 2.88. The van der Waals surface area contributed by atoms with E-state index in [1.807, 2.05) is 0 Å². The van der Waals surface area contributed by atoms with E-state index in [9.17, 15) is 26.7 Å². The summed E-state index contributed by atoms with van der Waals surface area (Å²) in [6.07, 6.45) is -3.09. The minimum atomic E-state index is -3.09. The summed E-state index contributed by atoms with van der Waals surface area (Å²) in [5.74, 6) is -4.13. The molecule has 3 aromatic rings. The van der Waals surface area contributed by atoms with Gasteiger partial charge in [0.25, 0.3) is 12.3 Å². The second-order valence-corrected chi connectivity index (χ2v) is 5.72. The first kappa shape index (κ1) is 18.6. The smallest absolute Gasteiger partial charge is 0.282 e. The number of hydrogen-bond acceptors (Lipinski definition) is 2. The highest BCUT2D eigenvalue weighted by Crippen LogP contribution is 2.37. The monoisotopic (exact) mass is 381 g/mol. The van der Waals surface area contributed by atoms with Gasteiger partial charge in [-0.05, 0) is 35.4 Å². The molecular formula is C18H12F5N3O. The van der Waals surface area contributed by atoms with Gasteiger partial charge in [0.2, 0.25) is 0 Å². The molecule has 0 radical (unpaired) electrons. The van der Waals surface area contributed by atoms with E-state index < -0.39 is 41.0 Å². The van der Waals surface area contributed by atoms with Crippen molar-refractivity contribution in [2.45, 2.75) is 6.43 Å². The fraction of sp³-hybridized carbons (Fsp3) is 0.111. The van der Waals surface area contributed by atoms with Gasteiger partial charge >= 0.3 is 0 Å².